The monoisotopic (exact) mass is 560 g/mol. The molecule has 0 spiro atoms. The fraction of sp³-hybridized carbons (Fsp3) is 0.571. The SMILES string of the molecule is CCCCCC1COc2cc([C@H]3CO[C@H]([C@H]4COc5c(cc(F)c(OC(F)(F)F)c5F)C4)OC3)c(F)cc2C1. The van der Waals surface area contributed by atoms with Crippen LogP contribution in [0.3, 0.4) is 0 Å². The third-order valence-electron chi connectivity index (χ3n) is 7.48. The standard InChI is InChI=1S/C28H30F6O5/c1-2-3-4-5-15-6-16-8-21(29)20(10-23(16)35-11-15)19-13-37-27(38-14-19)18-7-17-9-22(30)26(39-28(32,33)34)24(31)25(17)36-12-18/h8-10,15,18-19,27H,2-7,11-14H2,1H3/t15?,18-,19-,27-/m1/s1. The van der Waals surface area contributed by atoms with Crippen molar-refractivity contribution in [1.29, 1.82) is 0 Å². The van der Waals surface area contributed by atoms with E-state index in [0.29, 0.717) is 23.8 Å². The number of rotatable bonds is 7. The van der Waals surface area contributed by atoms with Gasteiger partial charge in [0, 0.05) is 17.4 Å². The Morgan fingerprint density at radius 2 is 1.62 bits per heavy atom. The quantitative estimate of drug-likeness (QED) is 0.274. The van der Waals surface area contributed by atoms with E-state index in [1.54, 1.807) is 6.07 Å². The Hall–Kier alpha value is -2.66. The molecule has 3 heterocycles. The summed E-state index contributed by atoms with van der Waals surface area (Å²) in [6, 6.07) is 4.01. The molecule has 0 radical (unpaired) electrons. The summed E-state index contributed by atoms with van der Waals surface area (Å²) in [7, 11) is 0. The summed E-state index contributed by atoms with van der Waals surface area (Å²) in [5.41, 5.74) is 1.33. The second kappa shape index (κ2) is 11.4. The summed E-state index contributed by atoms with van der Waals surface area (Å²) in [5.74, 6) is -5.25. The highest BCUT2D eigenvalue weighted by Gasteiger charge is 2.39. The minimum Gasteiger partial charge on any atom is -0.493 e. The van der Waals surface area contributed by atoms with Crippen LogP contribution in [0.25, 0.3) is 0 Å². The lowest BCUT2D eigenvalue weighted by atomic mass is 9.89. The van der Waals surface area contributed by atoms with E-state index in [2.05, 4.69) is 11.7 Å². The molecule has 0 saturated carbocycles. The molecule has 0 N–H and O–H groups in total. The van der Waals surface area contributed by atoms with Crippen molar-refractivity contribution in [3.8, 4) is 17.2 Å². The smallest absolute Gasteiger partial charge is 0.493 e. The van der Waals surface area contributed by atoms with Gasteiger partial charge in [0.1, 0.15) is 11.6 Å². The van der Waals surface area contributed by atoms with Gasteiger partial charge in [0.2, 0.25) is 11.6 Å². The van der Waals surface area contributed by atoms with Crippen molar-refractivity contribution < 1.29 is 50.0 Å². The highest BCUT2D eigenvalue weighted by molar-refractivity contribution is 5.45. The van der Waals surface area contributed by atoms with Crippen molar-refractivity contribution in [1.82, 2.24) is 0 Å². The fourth-order valence-electron chi connectivity index (χ4n) is 5.49. The zero-order chi connectivity index (χ0) is 27.7. The number of fused-ring (bicyclic) bond motifs is 2. The van der Waals surface area contributed by atoms with Crippen LogP contribution in [-0.4, -0.2) is 39.1 Å². The van der Waals surface area contributed by atoms with Crippen LogP contribution in [-0.2, 0) is 22.3 Å². The summed E-state index contributed by atoms with van der Waals surface area (Å²) in [6.45, 7) is 2.92. The summed E-state index contributed by atoms with van der Waals surface area (Å²) >= 11 is 0. The van der Waals surface area contributed by atoms with Crippen LogP contribution < -0.4 is 14.2 Å². The van der Waals surface area contributed by atoms with Gasteiger partial charge in [-0.25, -0.2) is 8.78 Å². The lowest BCUT2D eigenvalue weighted by molar-refractivity contribution is -0.276. The molecule has 2 aromatic rings. The number of ether oxygens (including phenoxy) is 5. The number of hydrogen-bond acceptors (Lipinski definition) is 5. The predicted octanol–water partition coefficient (Wildman–Crippen LogP) is 6.84. The predicted molar refractivity (Wildman–Crippen MR) is 127 cm³/mol. The molecular formula is C28H30F6O5. The molecular weight excluding hydrogens is 530 g/mol. The highest BCUT2D eigenvalue weighted by atomic mass is 19.4. The first kappa shape index (κ1) is 27.9. The van der Waals surface area contributed by atoms with Crippen molar-refractivity contribution in [2.24, 2.45) is 11.8 Å². The van der Waals surface area contributed by atoms with E-state index in [1.165, 1.54) is 12.5 Å². The van der Waals surface area contributed by atoms with Crippen LogP contribution in [0.4, 0.5) is 26.3 Å². The molecule has 0 aromatic heterocycles. The van der Waals surface area contributed by atoms with Crippen molar-refractivity contribution in [3.63, 3.8) is 0 Å². The molecule has 1 fully saturated rings. The number of alkyl halides is 3. The Morgan fingerprint density at radius 1 is 0.872 bits per heavy atom. The number of unbranched alkanes of at least 4 members (excludes halogenated alkanes) is 2. The van der Waals surface area contributed by atoms with Gasteiger partial charge in [0.25, 0.3) is 0 Å². The van der Waals surface area contributed by atoms with E-state index in [-0.39, 0.29) is 43.5 Å². The van der Waals surface area contributed by atoms with Gasteiger partial charge in [-0.05, 0) is 54.5 Å². The Kier molecular flexibility index (Phi) is 8.19. The minimum absolute atomic E-state index is 0.0379. The Bertz CT molecular complexity index is 1180. The van der Waals surface area contributed by atoms with Crippen molar-refractivity contribution in [2.45, 2.75) is 64.0 Å². The van der Waals surface area contributed by atoms with Crippen molar-refractivity contribution in [3.05, 3.63) is 52.3 Å². The van der Waals surface area contributed by atoms with E-state index >= 15 is 4.39 Å². The van der Waals surface area contributed by atoms with E-state index in [1.807, 2.05) is 0 Å². The zero-order valence-electron chi connectivity index (χ0n) is 21.4. The Morgan fingerprint density at radius 3 is 2.33 bits per heavy atom. The second-order valence-electron chi connectivity index (χ2n) is 10.4. The van der Waals surface area contributed by atoms with E-state index in [4.69, 9.17) is 18.9 Å². The average molecular weight is 561 g/mol. The molecule has 1 unspecified atom stereocenters. The molecule has 3 aliphatic heterocycles. The van der Waals surface area contributed by atoms with Gasteiger partial charge >= 0.3 is 6.36 Å². The molecule has 0 amide bonds. The van der Waals surface area contributed by atoms with Crippen LogP contribution in [0.5, 0.6) is 17.2 Å². The summed E-state index contributed by atoms with van der Waals surface area (Å²) in [4.78, 5) is 0. The molecule has 39 heavy (non-hydrogen) atoms. The maximum absolute atomic E-state index is 15.1. The van der Waals surface area contributed by atoms with Gasteiger partial charge in [0.15, 0.2) is 17.9 Å². The zero-order valence-corrected chi connectivity index (χ0v) is 21.4. The number of benzene rings is 2. The molecule has 3 aliphatic rings. The molecule has 214 valence electrons. The van der Waals surface area contributed by atoms with Gasteiger partial charge in [-0.15, -0.1) is 13.2 Å². The summed E-state index contributed by atoms with van der Waals surface area (Å²) < 4.78 is 108. The summed E-state index contributed by atoms with van der Waals surface area (Å²) in [5, 5.41) is 0. The van der Waals surface area contributed by atoms with Crippen LogP contribution in [0.1, 0.15) is 55.2 Å². The van der Waals surface area contributed by atoms with Gasteiger partial charge < -0.3 is 23.7 Å². The molecule has 11 heteroatoms. The molecule has 0 aliphatic carbocycles. The lowest BCUT2D eigenvalue weighted by Gasteiger charge is -2.37. The number of halogens is 6. The maximum Gasteiger partial charge on any atom is 0.573 e. The minimum atomic E-state index is -5.26. The average Bonchev–Trinajstić information content (AvgIpc) is 2.90. The van der Waals surface area contributed by atoms with E-state index < -0.39 is 41.7 Å². The largest absolute Gasteiger partial charge is 0.573 e. The van der Waals surface area contributed by atoms with Gasteiger partial charge in [-0.1, -0.05) is 26.2 Å². The summed E-state index contributed by atoms with van der Waals surface area (Å²) in [6.07, 6.45) is -0.720. The molecule has 2 aromatic carbocycles. The second-order valence-corrected chi connectivity index (χ2v) is 10.4. The molecule has 5 nitrogen and oxygen atoms in total. The fourth-order valence-corrected chi connectivity index (χ4v) is 5.49. The first-order valence-electron chi connectivity index (χ1n) is 13.2. The van der Waals surface area contributed by atoms with E-state index in [9.17, 15) is 22.0 Å². The third-order valence-corrected chi connectivity index (χ3v) is 7.48. The van der Waals surface area contributed by atoms with Gasteiger partial charge in [-0.2, -0.15) is 4.39 Å². The Balaban J connectivity index is 1.20. The van der Waals surface area contributed by atoms with Crippen LogP contribution in [0, 0.1) is 29.3 Å². The number of hydrogen-bond donors (Lipinski definition) is 0. The highest BCUT2D eigenvalue weighted by Crippen LogP contribution is 2.41. The maximum atomic E-state index is 15.1. The molecule has 0 bridgehead atoms. The first-order chi connectivity index (χ1) is 18.6. The van der Waals surface area contributed by atoms with Gasteiger partial charge in [-0.3, -0.25) is 0 Å². The molecule has 5 rings (SSSR count). The van der Waals surface area contributed by atoms with E-state index in [0.717, 1.165) is 37.3 Å². The van der Waals surface area contributed by atoms with Crippen LogP contribution >= 0.6 is 0 Å². The van der Waals surface area contributed by atoms with Crippen molar-refractivity contribution in [2.75, 3.05) is 26.4 Å². The normalized spacial score (nSPS) is 24.8. The molecule has 2 atom stereocenters. The molecule has 1 saturated heterocycles. The van der Waals surface area contributed by atoms with Crippen molar-refractivity contribution >= 4 is 0 Å². The topological polar surface area (TPSA) is 46.2 Å². The van der Waals surface area contributed by atoms with Crippen LogP contribution in [0.15, 0.2) is 18.2 Å². The van der Waals surface area contributed by atoms with Gasteiger partial charge in [0.05, 0.1) is 26.4 Å². The van der Waals surface area contributed by atoms with Crippen LogP contribution in [0.2, 0.25) is 0 Å². The lowest BCUT2D eigenvalue weighted by Crippen LogP contribution is -2.41. The first-order valence-corrected chi connectivity index (χ1v) is 13.2. The Labute approximate surface area is 222 Å². The third kappa shape index (κ3) is 6.24.